The van der Waals surface area contributed by atoms with Crippen LogP contribution in [0.5, 0.6) is 0 Å². The number of nitrogens with zero attached hydrogens (tertiary/aromatic N) is 2. The molecule has 2 aromatic carbocycles. The first-order valence-electron chi connectivity index (χ1n) is 11.4. The van der Waals surface area contributed by atoms with Gasteiger partial charge in [-0.05, 0) is 42.8 Å². The van der Waals surface area contributed by atoms with E-state index in [9.17, 15) is 18.0 Å². The number of unbranched alkanes of at least 4 members (excludes halogenated alkanes) is 3. The summed E-state index contributed by atoms with van der Waals surface area (Å²) >= 11 is 0. The molecule has 0 spiro atoms. The third kappa shape index (κ3) is 6.71. The number of carbonyl (C=O) groups excluding carboxylic acids is 2. The molecule has 2 N–H and O–H groups in total. The molecule has 8 nitrogen and oxygen atoms in total. The van der Waals surface area contributed by atoms with Crippen molar-refractivity contribution in [2.45, 2.75) is 50.3 Å². The Bertz CT molecular complexity index is 1020. The van der Waals surface area contributed by atoms with E-state index in [1.807, 2.05) is 12.1 Å². The van der Waals surface area contributed by atoms with Gasteiger partial charge in [0.2, 0.25) is 0 Å². The molecule has 1 heterocycles. The van der Waals surface area contributed by atoms with Crippen LogP contribution in [0.25, 0.3) is 0 Å². The Morgan fingerprint density at radius 3 is 2.27 bits per heavy atom. The molecule has 0 aliphatic carbocycles. The van der Waals surface area contributed by atoms with Crippen molar-refractivity contribution in [2.24, 2.45) is 0 Å². The molecule has 0 atom stereocenters. The summed E-state index contributed by atoms with van der Waals surface area (Å²) in [5, 5.41) is 2.74. The number of carbonyl (C=O) groups is 2. The highest BCUT2D eigenvalue weighted by molar-refractivity contribution is 7.92. The van der Waals surface area contributed by atoms with Crippen molar-refractivity contribution in [1.29, 1.82) is 0 Å². The van der Waals surface area contributed by atoms with E-state index in [2.05, 4.69) is 22.6 Å². The van der Waals surface area contributed by atoms with Crippen LogP contribution in [0.1, 0.15) is 45.4 Å². The number of benzene rings is 2. The summed E-state index contributed by atoms with van der Waals surface area (Å²) in [6, 6.07) is 14.4. The molecule has 1 aliphatic heterocycles. The SMILES string of the molecule is CCCCCCNC(=O)NN(c1ccc(N2CCC(=O)CC2)cc1)S(=O)(=O)c1ccccc1. The summed E-state index contributed by atoms with van der Waals surface area (Å²) < 4.78 is 27.6. The number of ketones is 1. The number of rotatable bonds is 10. The fraction of sp³-hybridized carbons (Fsp3) is 0.417. The largest absolute Gasteiger partial charge is 0.371 e. The number of anilines is 2. The van der Waals surface area contributed by atoms with Crippen molar-refractivity contribution in [2.75, 3.05) is 28.9 Å². The molecule has 9 heteroatoms. The van der Waals surface area contributed by atoms with Gasteiger partial charge >= 0.3 is 6.03 Å². The smallest absolute Gasteiger partial charge is 0.334 e. The predicted octanol–water partition coefficient (Wildman–Crippen LogP) is 3.85. The van der Waals surface area contributed by atoms with E-state index in [-0.39, 0.29) is 10.7 Å². The van der Waals surface area contributed by atoms with Crippen LogP contribution in [0.2, 0.25) is 0 Å². The minimum absolute atomic E-state index is 0.0758. The summed E-state index contributed by atoms with van der Waals surface area (Å²) in [6.07, 6.45) is 5.05. The lowest BCUT2D eigenvalue weighted by molar-refractivity contribution is -0.119. The monoisotopic (exact) mass is 472 g/mol. The summed E-state index contributed by atoms with van der Waals surface area (Å²) in [7, 11) is -4.03. The standard InChI is InChI=1S/C24H32N4O4S/c1-2-3-4-8-17-25-24(30)26-28(33(31,32)23-9-6-5-7-10-23)21-13-11-20(12-14-21)27-18-15-22(29)16-19-27/h5-7,9-14H,2-4,8,15-19H2,1H3,(H2,25,26,30). The van der Waals surface area contributed by atoms with Gasteiger partial charge in [0.1, 0.15) is 5.78 Å². The van der Waals surface area contributed by atoms with E-state index in [1.54, 1.807) is 30.3 Å². The Balaban J connectivity index is 1.78. The Kier molecular flexibility index (Phi) is 8.71. The van der Waals surface area contributed by atoms with E-state index in [0.29, 0.717) is 38.2 Å². The zero-order chi connectivity index (χ0) is 23.7. The first-order valence-corrected chi connectivity index (χ1v) is 12.9. The molecule has 3 rings (SSSR count). The lowest BCUT2D eigenvalue weighted by Gasteiger charge is -2.29. The zero-order valence-corrected chi connectivity index (χ0v) is 19.8. The molecule has 0 radical (unpaired) electrons. The maximum absolute atomic E-state index is 13.3. The topological polar surface area (TPSA) is 98.8 Å². The molecule has 0 bridgehead atoms. The van der Waals surface area contributed by atoms with Gasteiger partial charge < -0.3 is 10.2 Å². The number of hydrogen-bond donors (Lipinski definition) is 2. The number of urea groups is 1. The second-order valence-corrected chi connectivity index (χ2v) is 9.84. The molecule has 0 unspecified atom stereocenters. The van der Waals surface area contributed by atoms with E-state index in [0.717, 1.165) is 35.8 Å². The Morgan fingerprint density at radius 2 is 1.64 bits per heavy atom. The molecule has 2 amide bonds. The number of hydrogen-bond acceptors (Lipinski definition) is 5. The number of sulfonamides is 1. The van der Waals surface area contributed by atoms with Gasteiger partial charge in [-0.2, -0.15) is 12.8 Å². The van der Waals surface area contributed by atoms with Gasteiger partial charge in [0.15, 0.2) is 0 Å². The summed E-state index contributed by atoms with van der Waals surface area (Å²) in [5.41, 5.74) is 3.73. The molecule has 2 aromatic rings. The second kappa shape index (κ2) is 11.7. The molecule has 1 fully saturated rings. The van der Waals surface area contributed by atoms with E-state index < -0.39 is 16.1 Å². The molecule has 0 saturated carbocycles. The average molecular weight is 473 g/mol. The van der Waals surface area contributed by atoms with Gasteiger partial charge in [-0.15, -0.1) is 0 Å². The molecular formula is C24H32N4O4S. The van der Waals surface area contributed by atoms with Crippen LogP contribution in [-0.2, 0) is 14.8 Å². The van der Waals surface area contributed by atoms with Crippen molar-refractivity contribution < 1.29 is 18.0 Å². The zero-order valence-electron chi connectivity index (χ0n) is 19.0. The Labute approximate surface area is 196 Å². The molecule has 33 heavy (non-hydrogen) atoms. The highest BCUT2D eigenvalue weighted by Crippen LogP contribution is 2.26. The second-order valence-electron chi connectivity index (χ2n) is 8.05. The van der Waals surface area contributed by atoms with Crippen LogP contribution in [0, 0.1) is 0 Å². The lowest BCUT2D eigenvalue weighted by Crippen LogP contribution is -2.50. The van der Waals surface area contributed by atoms with Gasteiger partial charge in [-0.3, -0.25) is 4.79 Å². The number of nitrogens with one attached hydrogen (secondary N) is 2. The summed E-state index contributed by atoms with van der Waals surface area (Å²) in [4.78, 5) is 26.2. The van der Waals surface area contributed by atoms with E-state index in [4.69, 9.17) is 0 Å². The average Bonchev–Trinajstić information content (AvgIpc) is 2.83. The summed E-state index contributed by atoms with van der Waals surface area (Å²) in [6.45, 7) is 3.87. The fourth-order valence-corrected chi connectivity index (χ4v) is 4.97. The van der Waals surface area contributed by atoms with Crippen molar-refractivity contribution in [1.82, 2.24) is 10.7 Å². The normalized spacial score (nSPS) is 14.1. The van der Waals surface area contributed by atoms with Crippen LogP contribution in [0.15, 0.2) is 59.5 Å². The molecule has 1 saturated heterocycles. The van der Waals surface area contributed by atoms with Crippen LogP contribution < -0.4 is 20.1 Å². The van der Waals surface area contributed by atoms with Gasteiger partial charge in [0.05, 0.1) is 10.6 Å². The summed E-state index contributed by atoms with van der Waals surface area (Å²) in [5.74, 6) is 0.257. The van der Waals surface area contributed by atoms with Crippen LogP contribution in [-0.4, -0.2) is 39.9 Å². The molecular weight excluding hydrogens is 440 g/mol. The van der Waals surface area contributed by atoms with Gasteiger partial charge in [0, 0.05) is 38.2 Å². The first kappa shape index (κ1) is 24.6. The maximum atomic E-state index is 13.3. The van der Waals surface area contributed by atoms with E-state index >= 15 is 0 Å². The third-order valence-corrected chi connectivity index (χ3v) is 7.22. The van der Waals surface area contributed by atoms with Gasteiger partial charge in [0.25, 0.3) is 10.0 Å². The molecule has 178 valence electrons. The number of Topliss-reactive ketones (excluding diaryl/α,β-unsaturated/α-hetero) is 1. The number of amides is 2. The van der Waals surface area contributed by atoms with E-state index in [1.165, 1.54) is 12.1 Å². The molecule has 1 aliphatic rings. The van der Waals surface area contributed by atoms with Crippen LogP contribution in [0.3, 0.4) is 0 Å². The number of hydrazine groups is 1. The van der Waals surface area contributed by atoms with Gasteiger partial charge in [-0.1, -0.05) is 44.4 Å². The third-order valence-electron chi connectivity index (χ3n) is 5.57. The quantitative estimate of drug-likeness (QED) is 0.404. The minimum atomic E-state index is -4.03. The maximum Gasteiger partial charge on any atom is 0.334 e. The predicted molar refractivity (Wildman–Crippen MR) is 130 cm³/mol. The van der Waals surface area contributed by atoms with Crippen molar-refractivity contribution in [3.8, 4) is 0 Å². The Morgan fingerprint density at radius 1 is 0.970 bits per heavy atom. The lowest BCUT2D eigenvalue weighted by atomic mass is 10.1. The van der Waals surface area contributed by atoms with Crippen molar-refractivity contribution in [3.63, 3.8) is 0 Å². The first-order chi connectivity index (χ1) is 15.9. The van der Waals surface area contributed by atoms with Crippen LogP contribution >= 0.6 is 0 Å². The molecule has 0 aromatic heterocycles. The van der Waals surface area contributed by atoms with Crippen LogP contribution in [0.4, 0.5) is 16.2 Å². The van der Waals surface area contributed by atoms with Crippen molar-refractivity contribution in [3.05, 3.63) is 54.6 Å². The van der Waals surface area contributed by atoms with Crippen molar-refractivity contribution >= 4 is 33.2 Å². The Hall–Kier alpha value is -3.07. The number of piperidine rings is 1. The fourth-order valence-electron chi connectivity index (χ4n) is 3.66. The minimum Gasteiger partial charge on any atom is -0.371 e. The highest BCUT2D eigenvalue weighted by atomic mass is 32.2. The van der Waals surface area contributed by atoms with Gasteiger partial charge in [-0.25, -0.2) is 10.2 Å². The highest BCUT2D eigenvalue weighted by Gasteiger charge is 2.27.